The van der Waals surface area contributed by atoms with Gasteiger partial charge >= 0.3 is 0 Å². The molecule has 2 aromatic rings. The van der Waals surface area contributed by atoms with E-state index in [0.717, 1.165) is 11.4 Å². The number of hydrogen-bond donors (Lipinski definition) is 0. The smallest absolute Gasteiger partial charge is 0.191 e. The minimum atomic E-state index is -0.365. The number of hydrogen-bond acceptors (Lipinski definition) is 4. The van der Waals surface area contributed by atoms with Crippen molar-refractivity contribution in [1.29, 1.82) is 0 Å². The summed E-state index contributed by atoms with van der Waals surface area (Å²) in [5.41, 5.74) is 2.10. The van der Waals surface area contributed by atoms with Crippen molar-refractivity contribution in [2.45, 2.75) is 32.5 Å². The molecule has 0 amide bonds. The van der Waals surface area contributed by atoms with Crippen LogP contribution in [0.1, 0.15) is 26.5 Å². The molecule has 0 aliphatic carbocycles. The molecule has 5 heteroatoms. The molecule has 0 spiro atoms. The quantitative estimate of drug-likeness (QED) is 0.789. The van der Waals surface area contributed by atoms with Gasteiger partial charge in [0.2, 0.25) is 0 Å². The second-order valence-corrected chi connectivity index (χ2v) is 5.70. The van der Waals surface area contributed by atoms with Gasteiger partial charge in [-0.3, -0.25) is 0 Å². The Hall–Kier alpha value is -1.59. The maximum atomic E-state index is 5.65. The lowest BCUT2D eigenvalue weighted by Crippen LogP contribution is -2.22. The van der Waals surface area contributed by atoms with Crippen molar-refractivity contribution in [3.63, 3.8) is 0 Å². The highest BCUT2D eigenvalue weighted by molar-refractivity contribution is 5.46. The number of aromatic nitrogens is 2. The van der Waals surface area contributed by atoms with Gasteiger partial charge in [0, 0.05) is 43.8 Å². The molecule has 110 valence electrons. The van der Waals surface area contributed by atoms with Crippen LogP contribution in [0.5, 0.6) is 5.75 Å². The van der Waals surface area contributed by atoms with Gasteiger partial charge < -0.3 is 18.6 Å². The van der Waals surface area contributed by atoms with Crippen LogP contribution < -0.4 is 4.74 Å². The van der Waals surface area contributed by atoms with Crippen LogP contribution in [0.4, 0.5) is 0 Å². The average molecular weight is 278 g/mol. The molecule has 0 saturated carbocycles. The third kappa shape index (κ3) is 3.11. The number of rotatable bonds is 5. The Morgan fingerprint density at radius 2 is 1.95 bits per heavy atom. The van der Waals surface area contributed by atoms with Gasteiger partial charge in [0.25, 0.3) is 0 Å². The van der Waals surface area contributed by atoms with E-state index < -0.39 is 0 Å². The van der Waals surface area contributed by atoms with Crippen LogP contribution in [0.15, 0.2) is 24.5 Å². The standard InChI is InChI=1S/C15H22N2O3/c1-15(2,3)12-9-16-13-8-11(6-7-17(12)13)20-10-14(18-4)19-5/h6-9,14H,10H2,1-5H3. The van der Waals surface area contributed by atoms with Gasteiger partial charge in [-0.15, -0.1) is 0 Å². The van der Waals surface area contributed by atoms with Gasteiger partial charge in [-0.2, -0.15) is 0 Å². The van der Waals surface area contributed by atoms with Crippen molar-refractivity contribution >= 4 is 5.65 Å². The van der Waals surface area contributed by atoms with Gasteiger partial charge in [-0.05, 0) is 6.07 Å². The molecule has 0 N–H and O–H groups in total. The number of fused-ring (bicyclic) bond motifs is 1. The van der Waals surface area contributed by atoms with Gasteiger partial charge in [0.1, 0.15) is 18.0 Å². The summed E-state index contributed by atoms with van der Waals surface area (Å²) in [6.45, 7) is 6.85. The molecule has 0 fully saturated rings. The average Bonchev–Trinajstić information content (AvgIpc) is 2.82. The Morgan fingerprint density at radius 3 is 2.55 bits per heavy atom. The van der Waals surface area contributed by atoms with E-state index in [2.05, 4.69) is 30.2 Å². The SMILES string of the molecule is COC(COc1ccn2c(C(C)(C)C)cnc2c1)OC. The molecule has 0 aliphatic rings. The number of nitrogens with zero attached hydrogens (tertiary/aromatic N) is 2. The molecule has 0 bridgehead atoms. The minimum Gasteiger partial charge on any atom is -0.488 e. The van der Waals surface area contributed by atoms with Crippen LogP contribution in [0.25, 0.3) is 5.65 Å². The molecule has 20 heavy (non-hydrogen) atoms. The van der Waals surface area contributed by atoms with E-state index in [9.17, 15) is 0 Å². The summed E-state index contributed by atoms with van der Waals surface area (Å²) in [5.74, 6) is 0.752. The van der Waals surface area contributed by atoms with Crippen molar-refractivity contribution in [2.24, 2.45) is 0 Å². The van der Waals surface area contributed by atoms with Crippen LogP contribution in [-0.4, -0.2) is 36.5 Å². The molecule has 0 atom stereocenters. The maximum absolute atomic E-state index is 5.65. The summed E-state index contributed by atoms with van der Waals surface area (Å²) < 4.78 is 17.9. The molecular formula is C15H22N2O3. The molecule has 0 aliphatic heterocycles. The van der Waals surface area contributed by atoms with Crippen LogP contribution in [0, 0.1) is 0 Å². The second-order valence-electron chi connectivity index (χ2n) is 5.70. The number of imidazole rings is 1. The van der Waals surface area contributed by atoms with E-state index in [1.54, 1.807) is 14.2 Å². The largest absolute Gasteiger partial charge is 0.488 e. The predicted octanol–water partition coefficient (Wildman–Crippen LogP) is 2.63. The summed E-state index contributed by atoms with van der Waals surface area (Å²) in [5, 5.41) is 0. The highest BCUT2D eigenvalue weighted by Crippen LogP contribution is 2.24. The molecule has 0 radical (unpaired) electrons. The first kappa shape index (κ1) is 14.8. The summed E-state index contributed by atoms with van der Waals surface area (Å²) in [6.07, 6.45) is 3.52. The van der Waals surface area contributed by atoms with Crippen LogP contribution in [-0.2, 0) is 14.9 Å². The van der Waals surface area contributed by atoms with Crippen molar-refractivity contribution in [3.8, 4) is 5.75 Å². The topological polar surface area (TPSA) is 45.0 Å². The lowest BCUT2D eigenvalue weighted by Gasteiger charge is -2.18. The van der Waals surface area contributed by atoms with Gasteiger partial charge in [-0.25, -0.2) is 4.98 Å². The second kappa shape index (κ2) is 5.81. The third-order valence-electron chi connectivity index (χ3n) is 3.16. The van der Waals surface area contributed by atoms with Crippen molar-refractivity contribution < 1.29 is 14.2 Å². The molecule has 2 rings (SSSR count). The Labute approximate surface area is 119 Å². The zero-order valence-corrected chi connectivity index (χ0v) is 12.7. The lowest BCUT2D eigenvalue weighted by atomic mass is 9.93. The van der Waals surface area contributed by atoms with E-state index in [0.29, 0.717) is 6.61 Å². The molecule has 0 saturated heterocycles. The zero-order valence-electron chi connectivity index (χ0n) is 12.7. The Morgan fingerprint density at radius 1 is 1.25 bits per heavy atom. The summed E-state index contributed by atoms with van der Waals surface area (Å²) in [4.78, 5) is 4.43. The van der Waals surface area contributed by atoms with Crippen LogP contribution >= 0.6 is 0 Å². The summed E-state index contributed by atoms with van der Waals surface area (Å²) >= 11 is 0. The molecule has 2 heterocycles. The van der Waals surface area contributed by atoms with E-state index in [4.69, 9.17) is 14.2 Å². The predicted molar refractivity (Wildman–Crippen MR) is 77.2 cm³/mol. The normalized spacial score (nSPS) is 12.3. The minimum absolute atomic E-state index is 0.0546. The van der Waals surface area contributed by atoms with Crippen molar-refractivity contribution in [2.75, 3.05) is 20.8 Å². The van der Waals surface area contributed by atoms with E-state index >= 15 is 0 Å². The first-order chi connectivity index (χ1) is 9.45. The third-order valence-corrected chi connectivity index (χ3v) is 3.16. The monoisotopic (exact) mass is 278 g/mol. The van der Waals surface area contributed by atoms with Gasteiger partial charge in [0.05, 0.1) is 0 Å². The van der Waals surface area contributed by atoms with Crippen LogP contribution in [0.3, 0.4) is 0 Å². The van der Waals surface area contributed by atoms with E-state index in [1.807, 2.05) is 24.5 Å². The molecule has 0 unspecified atom stereocenters. The fraction of sp³-hybridized carbons (Fsp3) is 0.533. The lowest BCUT2D eigenvalue weighted by molar-refractivity contribution is -0.121. The first-order valence-corrected chi connectivity index (χ1v) is 6.61. The van der Waals surface area contributed by atoms with Gasteiger partial charge in [-0.1, -0.05) is 20.8 Å². The highest BCUT2D eigenvalue weighted by atomic mass is 16.7. The Kier molecular flexibility index (Phi) is 4.30. The maximum Gasteiger partial charge on any atom is 0.191 e. The fourth-order valence-electron chi connectivity index (χ4n) is 2.00. The first-order valence-electron chi connectivity index (χ1n) is 6.61. The molecule has 2 aromatic heterocycles. The zero-order chi connectivity index (χ0) is 14.8. The van der Waals surface area contributed by atoms with Gasteiger partial charge in [0.15, 0.2) is 6.29 Å². The highest BCUT2D eigenvalue weighted by Gasteiger charge is 2.18. The number of ether oxygens (including phenoxy) is 3. The van der Waals surface area contributed by atoms with E-state index in [-0.39, 0.29) is 11.7 Å². The van der Waals surface area contributed by atoms with Crippen molar-refractivity contribution in [3.05, 3.63) is 30.2 Å². The summed E-state index contributed by atoms with van der Waals surface area (Å²) in [6, 6.07) is 3.84. The fourth-order valence-corrected chi connectivity index (χ4v) is 2.00. The van der Waals surface area contributed by atoms with Crippen LogP contribution in [0.2, 0.25) is 0 Å². The summed E-state index contributed by atoms with van der Waals surface area (Å²) in [7, 11) is 3.18. The Balaban J connectivity index is 2.19. The number of pyridine rings is 1. The molecule has 5 nitrogen and oxygen atoms in total. The molecular weight excluding hydrogens is 256 g/mol. The Bertz CT molecular complexity index is 568. The van der Waals surface area contributed by atoms with E-state index in [1.165, 1.54) is 5.69 Å². The van der Waals surface area contributed by atoms with Crippen molar-refractivity contribution in [1.82, 2.24) is 9.38 Å². The number of methoxy groups -OCH3 is 2. The molecule has 0 aromatic carbocycles.